The molecule has 23 heavy (non-hydrogen) atoms. The van der Waals surface area contributed by atoms with E-state index in [0.717, 1.165) is 57.1 Å². The van der Waals surface area contributed by atoms with Gasteiger partial charge in [0, 0.05) is 31.7 Å². The molecule has 0 aliphatic carbocycles. The molecule has 1 aliphatic rings. The van der Waals surface area contributed by atoms with Crippen LogP contribution in [0.3, 0.4) is 0 Å². The van der Waals surface area contributed by atoms with Crippen LogP contribution in [-0.4, -0.2) is 55.0 Å². The minimum atomic E-state index is 0.134. The first-order chi connectivity index (χ1) is 11.2. The zero-order chi connectivity index (χ0) is 16.5. The number of likely N-dealkylation sites (N-methyl/N-ethyl adjacent to an activating group) is 1. The summed E-state index contributed by atoms with van der Waals surface area (Å²) >= 11 is 0. The van der Waals surface area contributed by atoms with Gasteiger partial charge in [0.1, 0.15) is 5.75 Å². The van der Waals surface area contributed by atoms with Crippen molar-refractivity contribution in [2.24, 2.45) is 0 Å². The predicted molar refractivity (Wildman–Crippen MR) is 94.1 cm³/mol. The number of hydrogen-bond donors (Lipinski definition) is 0. The van der Waals surface area contributed by atoms with Gasteiger partial charge in [0.25, 0.3) is 5.91 Å². The third kappa shape index (κ3) is 5.54. The molecule has 0 bridgehead atoms. The molecule has 0 radical (unpaired) electrons. The Bertz CT molecular complexity index is 465. The molecule has 1 aromatic rings. The average Bonchev–Trinajstić information content (AvgIpc) is 2.61. The van der Waals surface area contributed by atoms with E-state index >= 15 is 0 Å². The molecule has 0 saturated carbocycles. The van der Waals surface area contributed by atoms with E-state index in [1.807, 2.05) is 29.2 Å². The summed E-state index contributed by atoms with van der Waals surface area (Å²) in [6.45, 7) is 9.78. The lowest BCUT2D eigenvalue weighted by molar-refractivity contribution is 0.0643. The second-order valence-electron chi connectivity index (χ2n) is 6.16. The van der Waals surface area contributed by atoms with E-state index in [4.69, 9.17) is 4.74 Å². The molecule has 0 unspecified atom stereocenters. The highest BCUT2D eigenvalue weighted by atomic mass is 16.5. The fourth-order valence-electron chi connectivity index (χ4n) is 2.86. The first-order valence-corrected chi connectivity index (χ1v) is 8.99. The Kier molecular flexibility index (Phi) is 7.40. The summed E-state index contributed by atoms with van der Waals surface area (Å²) in [6.07, 6.45) is 4.82. The van der Waals surface area contributed by atoms with Crippen LogP contribution in [0.2, 0.25) is 0 Å². The summed E-state index contributed by atoms with van der Waals surface area (Å²) in [5.74, 6) is 0.990. The molecule has 128 valence electrons. The van der Waals surface area contributed by atoms with Crippen LogP contribution in [-0.2, 0) is 0 Å². The van der Waals surface area contributed by atoms with Gasteiger partial charge in [-0.2, -0.15) is 0 Å². The number of nitrogens with zero attached hydrogens (tertiary/aromatic N) is 2. The van der Waals surface area contributed by atoms with E-state index in [1.165, 1.54) is 19.3 Å². The molecule has 0 spiro atoms. The Morgan fingerprint density at radius 1 is 1.00 bits per heavy atom. The minimum absolute atomic E-state index is 0.134. The number of piperazine rings is 1. The molecule has 4 heteroatoms. The first kappa shape index (κ1) is 17.8. The van der Waals surface area contributed by atoms with Gasteiger partial charge in [-0.25, -0.2) is 0 Å². The normalized spacial score (nSPS) is 15.7. The van der Waals surface area contributed by atoms with Crippen LogP contribution in [0.15, 0.2) is 24.3 Å². The van der Waals surface area contributed by atoms with Gasteiger partial charge >= 0.3 is 0 Å². The van der Waals surface area contributed by atoms with Crippen LogP contribution in [0.4, 0.5) is 0 Å². The molecule has 2 rings (SSSR count). The maximum atomic E-state index is 12.5. The highest BCUT2D eigenvalue weighted by Crippen LogP contribution is 2.15. The lowest BCUT2D eigenvalue weighted by Crippen LogP contribution is -2.48. The average molecular weight is 318 g/mol. The summed E-state index contributed by atoms with van der Waals surface area (Å²) in [6, 6.07) is 7.59. The standard InChI is InChI=1S/C19H30N2O2/c1-3-5-6-7-16-23-18-10-8-17(9-11-18)19(22)21-14-12-20(4-2)13-15-21/h8-11H,3-7,12-16H2,1-2H3. The lowest BCUT2D eigenvalue weighted by Gasteiger charge is -2.34. The fraction of sp³-hybridized carbons (Fsp3) is 0.632. The minimum Gasteiger partial charge on any atom is -0.494 e. The third-order valence-electron chi connectivity index (χ3n) is 4.47. The molecule has 1 fully saturated rings. The molecule has 0 atom stereocenters. The Hall–Kier alpha value is -1.55. The summed E-state index contributed by atoms with van der Waals surface area (Å²) in [4.78, 5) is 16.8. The molecule has 4 nitrogen and oxygen atoms in total. The van der Waals surface area contributed by atoms with E-state index in [-0.39, 0.29) is 5.91 Å². The first-order valence-electron chi connectivity index (χ1n) is 8.99. The molecule has 1 heterocycles. The Balaban J connectivity index is 1.78. The zero-order valence-electron chi connectivity index (χ0n) is 14.6. The summed E-state index contributed by atoms with van der Waals surface area (Å²) in [5.41, 5.74) is 0.758. The molecule has 1 amide bonds. The zero-order valence-corrected chi connectivity index (χ0v) is 14.6. The maximum Gasteiger partial charge on any atom is 0.253 e. The van der Waals surface area contributed by atoms with Crippen molar-refractivity contribution in [3.8, 4) is 5.75 Å². The van der Waals surface area contributed by atoms with Crippen molar-refractivity contribution in [1.82, 2.24) is 9.80 Å². The highest BCUT2D eigenvalue weighted by molar-refractivity contribution is 5.94. The van der Waals surface area contributed by atoms with Gasteiger partial charge in [-0.05, 0) is 37.2 Å². The monoisotopic (exact) mass is 318 g/mol. The van der Waals surface area contributed by atoms with E-state index in [9.17, 15) is 4.79 Å². The Morgan fingerprint density at radius 2 is 1.70 bits per heavy atom. The van der Waals surface area contributed by atoms with E-state index in [2.05, 4.69) is 18.7 Å². The smallest absolute Gasteiger partial charge is 0.253 e. The van der Waals surface area contributed by atoms with Crippen LogP contribution in [0, 0.1) is 0 Å². The second kappa shape index (κ2) is 9.56. The highest BCUT2D eigenvalue weighted by Gasteiger charge is 2.21. The van der Waals surface area contributed by atoms with Crippen LogP contribution in [0.25, 0.3) is 0 Å². The number of hydrogen-bond acceptors (Lipinski definition) is 3. The number of amides is 1. The van der Waals surface area contributed by atoms with Crippen LogP contribution in [0.5, 0.6) is 5.75 Å². The Morgan fingerprint density at radius 3 is 2.30 bits per heavy atom. The SMILES string of the molecule is CCCCCCOc1ccc(C(=O)N2CCN(CC)CC2)cc1. The molecular formula is C19H30N2O2. The van der Waals surface area contributed by atoms with E-state index in [0.29, 0.717) is 0 Å². The molecule has 0 N–H and O–H groups in total. The maximum absolute atomic E-state index is 12.5. The quantitative estimate of drug-likeness (QED) is 0.689. The van der Waals surface area contributed by atoms with Crippen molar-refractivity contribution in [2.45, 2.75) is 39.5 Å². The summed E-state index contributed by atoms with van der Waals surface area (Å²) in [7, 11) is 0. The van der Waals surface area contributed by atoms with Gasteiger partial charge in [0.15, 0.2) is 0 Å². The van der Waals surface area contributed by atoms with Gasteiger partial charge < -0.3 is 14.5 Å². The van der Waals surface area contributed by atoms with Crippen molar-refractivity contribution in [3.05, 3.63) is 29.8 Å². The van der Waals surface area contributed by atoms with Gasteiger partial charge in [0.2, 0.25) is 0 Å². The fourth-order valence-corrected chi connectivity index (χ4v) is 2.86. The van der Waals surface area contributed by atoms with Gasteiger partial charge in [-0.3, -0.25) is 4.79 Å². The number of carbonyl (C=O) groups excluding carboxylic acids is 1. The lowest BCUT2D eigenvalue weighted by atomic mass is 10.1. The van der Waals surface area contributed by atoms with Crippen molar-refractivity contribution in [3.63, 3.8) is 0 Å². The number of rotatable bonds is 8. The molecule has 0 aromatic heterocycles. The summed E-state index contributed by atoms with van der Waals surface area (Å²) in [5, 5.41) is 0. The molecule has 1 aliphatic heterocycles. The van der Waals surface area contributed by atoms with Crippen molar-refractivity contribution in [2.75, 3.05) is 39.3 Å². The topological polar surface area (TPSA) is 32.8 Å². The van der Waals surface area contributed by atoms with Crippen molar-refractivity contribution < 1.29 is 9.53 Å². The number of unbranched alkanes of at least 4 members (excludes halogenated alkanes) is 3. The summed E-state index contributed by atoms with van der Waals surface area (Å²) < 4.78 is 5.73. The Labute approximate surface area is 140 Å². The predicted octanol–water partition coefficient (Wildman–Crippen LogP) is 3.42. The van der Waals surface area contributed by atoms with Crippen molar-refractivity contribution >= 4 is 5.91 Å². The third-order valence-corrected chi connectivity index (χ3v) is 4.47. The largest absolute Gasteiger partial charge is 0.494 e. The van der Waals surface area contributed by atoms with Crippen LogP contribution >= 0.6 is 0 Å². The molecular weight excluding hydrogens is 288 g/mol. The van der Waals surface area contributed by atoms with Crippen molar-refractivity contribution in [1.29, 1.82) is 0 Å². The van der Waals surface area contributed by atoms with E-state index < -0.39 is 0 Å². The van der Waals surface area contributed by atoms with Gasteiger partial charge in [0.05, 0.1) is 6.61 Å². The second-order valence-corrected chi connectivity index (χ2v) is 6.16. The number of benzene rings is 1. The van der Waals surface area contributed by atoms with Gasteiger partial charge in [-0.1, -0.05) is 33.1 Å². The number of ether oxygens (including phenoxy) is 1. The number of carbonyl (C=O) groups is 1. The van der Waals surface area contributed by atoms with E-state index in [1.54, 1.807) is 0 Å². The van der Waals surface area contributed by atoms with Crippen LogP contribution < -0.4 is 4.74 Å². The molecule has 1 saturated heterocycles. The molecule has 1 aromatic carbocycles. The van der Waals surface area contributed by atoms with Crippen LogP contribution in [0.1, 0.15) is 49.9 Å². The van der Waals surface area contributed by atoms with Gasteiger partial charge in [-0.15, -0.1) is 0 Å².